The molecular weight excluding hydrogens is 512 g/mol. The van der Waals surface area contributed by atoms with E-state index in [2.05, 4.69) is 73.2 Å². The molecule has 1 amide bonds. The zero-order valence-corrected chi connectivity index (χ0v) is 25.9. The van der Waals surface area contributed by atoms with Crippen molar-refractivity contribution in [3.05, 3.63) is 65.7 Å². The molecule has 0 aromatic heterocycles. The van der Waals surface area contributed by atoms with Gasteiger partial charge in [0.25, 0.3) is 0 Å². The standard InChI is InChI=1S/C35H50N2O4/c1-27(2)25-37(33(39)18-11-7-10-15-29-13-8-6-9-14-29)31-19-20-35(41-28(3)38)26-36(4)22-21-34(35,24-31)30-16-12-17-32(23-30)40-5/h6,8-9,12-14,16-17,23,27,31H,7,10-11,15,18-22,24-26H2,1-5H3/t31-,34+,35+/m1/s1. The number of likely N-dealkylation sites (tertiary alicyclic amines) is 1. The number of benzene rings is 2. The number of hydrogen-bond donors (Lipinski definition) is 0. The predicted octanol–water partition coefficient (Wildman–Crippen LogP) is 6.41. The molecule has 41 heavy (non-hydrogen) atoms. The first-order valence-corrected chi connectivity index (χ1v) is 15.5. The molecule has 2 aliphatic rings. The maximum atomic E-state index is 13.8. The van der Waals surface area contributed by atoms with Gasteiger partial charge in [-0.05, 0) is 87.7 Å². The van der Waals surface area contributed by atoms with E-state index in [4.69, 9.17) is 9.47 Å². The highest BCUT2D eigenvalue weighted by Crippen LogP contribution is 2.54. The lowest BCUT2D eigenvalue weighted by Crippen LogP contribution is -2.68. The second kappa shape index (κ2) is 13.9. The Morgan fingerprint density at radius 3 is 2.54 bits per heavy atom. The SMILES string of the molecule is COc1cccc([C@@]23CCN(C)C[C@@]2(OC(C)=O)CC[C@@H](N(CC(C)C)C(=O)CCCCCc2ccccc2)C3)c1. The van der Waals surface area contributed by atoms with Crippen LogP contribution in [-0.4, -0.2) is 67.1 Å². The van der Waals surface area contributed by atoms with Gasteiger partial charge in [-0.15, -0.1) is 0 Å². The number of amides is 1. The summed E-state index contributed by atoms with van der Waals surface area (Å²) in [5.74, 6) is 1.21. The van der Waals surface area contributed by atoms with Crippen LogP contribution in [0.4, 0.5) is 0 Å². The van der Waals surface area contributed by atoms with Gasteiger partial charge in [0.15, 0.2) is 0 Å². The molecule has 0 radical (unpaired) electrons. The molecule has 4 rings (SSSR count). The number of carbonyl (C=O) groups is 2. The fourth-order valence-electron chi connectivity index (χ4n) is 7.37. The number of aryl methyl sites for hydroxylation is 1. The van der Waals surface area contributed by atoms with Gasteiger partial charge in [-0.3, -0.25) is 9.59 Å². The third-order valence-electron chi connectivity index (χ3n) is 9.27. The third-order valence-corrected chi connectivity index (χ3v) is 9.27. The van der Waals surface area contributed by atoms with Crippen molar-refractivity contribution in [3.63, 3.8) is 0 Å². The summed E-state index contributed by atoms with van der Waals surface area (Å²) < 4.78 is 12.0. The molecule has 0 bridgehead atoms. The summed E-state index contributed by atoms with van der Waals surface area (Å²) in [6.45, 7) is 8.27. The molecule has 6 nitrogen and oxygen atoms in total. The summed E-state index contributed by atoms with van der Waals surface area (Å²) in [6, 6.07) is 19.0. The number of fused-ring (bicyclic) bond motifs is 1. The Kier molecular flexibility index (Phi) is 10.5. The fraction of sp³-hybridized carbons (Fsp3) is 0.600. The van der Waals surface area contributed by atoms with Gasteiger partial charge in [0.2, 0.25) is 5.91 Å². The number of piperidine rings is 1. The van der Waals surface area contributed by atoms with Gasteiger partial charge in [-0.25, -0.2) is 0 Å². The van der Waals surface area contributed by atoms with Crippen LogP contribution in [0.5, 0.6) is 5.75 Å². The highest BCUT2D eigenvalue weighted by atomic mass is 16.6. The maximum absolute atomic E-state index is 13.8. The number of hydrogen-bond acceptors (Lipinski definition) is 5. The smallest absolute Gasteiger partial charge is 0.303 e. The summed E-state index contributed by atoms with van der Waals surface area (Å²) in [4.78, 5) is 30.9. The topological polar surface area (TPSA) is 59.1 Å². The van der Waals surface area contributed by atoms with Crippen LogP contribution in [0.25, 0.3) is 0 Å². The normalized spacial score (nSPS) is 24.5. The van der Waals surface area contributed by atoms with Crippen molar-refractivity contribution in [2.75, 3.05) is 33.8 Å². The number of carbonyl (C=O) groups excluding carboxylic acids is 2. The molecular formula is C35H50N2O4. The molecule has 0 unspecified atom stereocenters. The molecule has 3 atom stereocenters. The largest absolute Gasteiger partial charge is 0.497 e. The summed E-state index contributed by atoms with van der Waals surface area (Å²) >= 11 is 0. The lowest BCUT2D eigenvalue weighted by atomic mass is 9.55. The van der Waals surface area contributed by atoms with E-state index in [1.807, 2.05) is 12.1 Å². The molecule has 1 aliphatic carbocycles. The average Bonchev–Trinajstić information content (AvgIpc) is 2.95. The Bertz CT molecular complexity index is 1150. The van der Waals surface area contributed by atoms with E-state index in [-0.39, 0.29) is 17.9 Å². The first-order chi connectivity index (χ1) is 19.7. The van der Waals surface area contributed by atoms with Crippen molar-refractivity contribution >= 4 is 11.9 Å². The molecule has 0 N–H and O–H groups in total. The molecule has 1 saturated carbocycles. The van der Waals surface area contributed by atoms with Crippen molar-refractivity contribution in [2.24, 2.45) is 5.92 Å². The second-order valence-electron chi connectivity index (χ2n) is 12.8. The monoisotopic (exact) mass is 562 g/mol. The number of methoxy groups -OCH3 is 1. The molecule has 2 fully saturated rings. The van der Waals surface area contributed by atoms with E-state index in [9.17, 15) is 9.59 Å². The number of esters is 1. The molecule has 6 heteroatoms. The maximum Gasteiger partial charge on any atom is 0.303 e. The van der Waals surface area contributed by atoms with E-state index >= 15 is 0 Å². The fourth-order valence-corrected chi connectivity index (χ4v) is 7.37. The number of likely N-dealkylation sites (N-methyl/N-ethyl adjacent to an activating group) is 1. The van der Waals surface area contributed by atoms with Gasteiger partial charge in [-0.1, -0.05) is 62.7 Å². The Morgan fingerprint density at radius 2 is 1.83 bits per heavy atom. The van der Waals surface area contributed by atoms with Crippen LogP contribution in [0.15, 0.2) is 54.6 Å². The number of nitrogens with zero attached hydrogens (tertiary/aromatic N) is 2. The highest BCUT2D eigenvalue weighted by Gasteiger charge is 2.61. The molecule has 224 valence electrons. The van der Waals surface area contributed by atoms with Crippen molar-refractivity contribution in [1.29, 1.82) is 0 Å². The van der Waals surface area contributed by atoms with Crippen molar-refractivity contribution in [1.82, 2.24) is 9.80 Å². The molecule has 1 saturated heterocycles. The van der Waals surface area contributed by atoms with Gasteiger partial charge >= 0.3 is 5.97 Å². The van der Waals surface area contributed by atoms with Crippen LogP contribution in [0.1, 0.15) is 83.3 Å². The van der Waals surface area contributed by atoms with Crippen LogP contribution in [0.2, 0.25) is 0 Å². The molecule has 2 aromatic rings. The Hall–Kier alpha value is -2.86. The minimum atomic E-state index is -0.640. The number of rotatable bonds is 12. The summed E-state index contributed by atoms with van der Waals surface area (Å²) in [6.07, 6.45) is 7.93. The van der Waals surface area contributed by atoms with E-state index in [0.29, 0.717) is 18.9 Å². The van der Waals surface area contributed by atoms with E-state index in [1.54, 1.807) is 7.11 Å². The van der Waals surface area contributed by atoms with E-state index in [0.717, 1.165) is 75.8 Å². The van der Waals surface area contributed by atoms with Crippen LogP contribution < -0.4 is 4.74 Å². The first kappa shape index (κ1) is 31.1. The zero-order chi connectivity index (χ0) is 29.5. The lowest BCUT2D eigenvalue weighted by molar-refractivity contribution is -0.189. The molecule has 1 heterocycles. The minimum Gasteiger partial charge on any atom is -0.497 e. The summed E-state index contributed by atoms with van der Waals surface area (Å²) in [5.41, 5.74) is 1.47. The molecule has 2 aromatic carbocycles. The Balaban J connectivity index is 1.56. The molecule has 1 aliphatic heterocycles. The first-order valence-electron chi connectivity index (χ1n) is 15.5. The van der Waals surface area contributed by atoms with Gasteiger partial charge in [-0.2, -0.15) is 0 Å². The summed E-state index contributed by atoms with van der Waals surface area (Å²) in [5, 5.41) is 0. The van der Waals surface area contributed by atoms with Gasteiger partial charge in [0.05, 0.1) is 7.11 Å². The molecule has 0 spiro atoms. The van der Waals surface area contributed by atoms with E-state index in [1.165, 1.54) is 12.5 Å². The average molecular weight is 563 g/mol. The third kappa shape index (κ3) is 7.32. The van der Waals surface area contributed by atoms with Gasteiger partial charge in [0.1, 0.15) is 11.4 Å². The second-order valence-corrected chi connectivity index (χ2v) is 12.8. The van der Waals surface area contributed by atoms with Crippen molar-refractivity contribution < 1.29 is 19.1 Å². The van der Waals surface area contributed by atoms with Gasteiger partial charge < -0.3 is 19.3 Å². The quantitative estimate of drug-likeness (QED) is 0.221. The van der Waals surface area contributed by atoms with Crippen LogP contribution in [0.3, 0.4) is 0 Å². The lowest BCUT2D eigenvalue weighted by Gasteiger charge is -2.60. The highest BCUT2D eigenvalue weighted by molar-refractivity contribution is 5.76. The predicted molar refractivity (Wildman–Crippen MR) is 164 cm³/mol. The van der Waals surface area contributed by atoms with Crippen LogP contribution in [0, 0.1) is 5.92 Å². The Morgan fingerprint density at radius 1 is 1.05 bits per heavy atom. The zero-order valence-electron chi connectivity index (χ0n) is 25.9. The van der Waals surface area contributed by atoms with Crippen molar-refractivity contribution in [3.8, 4) is 5.75 Å². The van der Waals surface area contributed by atoms with Crippen LogP contribution >= 0.6 is 0 Å². The number of ether oxygens (including phenoxy) is 2. The minimum absolute atomic E-state index is 0.104. The van der Waals surface area contributed by atoms with Gasteiger partial charge in [0, 0.05) is 37.9 Å². The van der Waals surface area contributed by atoms with Crippen molar-refractivity contribution in [2.45, 2.75) is 95.6 Å². The van der Waals surface area contributed by atoms with Crippen LogP contribution in [-0.2, 0) is 26.2 Å². The Labute approximate surface area is 247 Å². The van der Waals surface area contributed by atoms with E-state index < -0.39 is 11.0 Å². The number of unbranched alkanes of at least 4 members (excludes halogenated alkanes) is 2. The summed E-state index contributed by atoms with van der Waals surface area (Å²) in [7, 11) is 3.80.